The van der Waals surface area contributed by atoms with E-state index in [-0.39, 0.29) is 30.4 Å². The number of fused-ring (bicyclic) bond motifs is 1. The number of pyridine rings is 1. The Morgan fingerprint density at radius 2 is 1.66 bits per heavy atom. The molecule has 1 aromatic heterocycles. The van der Waals surface area contributed by atoms with Crippen LogP contribution >= 0.6 is 19.4 Å². The summed E-state index contributed by atoms with van der Waals surface area (Å²) >= 11 is 6.02. The van der Waals surface area contributed by atoms with Crippen LogP contribution < -0.4 is 10.6 Å². The molecule has 3 aromatic rings. The van der Waals surface area contributed by atoms with Gasteiger partial charge < -0.3 is 20.1 Å². The molecule has 2 atom stereocenters. The van der Waals surface area contributed by atoms with Gasteiger partial charge in [0.05, 0.1) is 35.0 Å². The van der Waals surface area contributed by atoms with Crippen molar-refractivity contribution in [2.75, 3.05) is 25.6 Å². The maximum Gasteiger partial charge on any atom is 0.475 e. The number of carbonyl (C=O) groups excluding carboxylic acids is 2. The third-order valence-electron chi connectivity index (χ3n) is 6.34. The van der Waals surface area contributed by atoms with E-state index in [0.29, 0.717) is 5.56 Å². The van der Waals surface area contributed by atoms with Gasteiger partial charge in [-0.2, -0.15) is 0 Å². The lowest BCUT2D eigenvalue weighted by Gasteiger charge is -2.32. The van der Waals surface area contributed by atoms with Crippen molar-refractivity contribution in [2.45, 2.75) is 77.9 Å². The van der Waals surface area contributed by atoms with E-state index in [1.54, 1.807) is 59.9 Å². The van der Waals surface area contributed by atoms with Gasteiger partial charge in [-0.25, -0.2) is 23.5 Å². The van der Waals surface area contributed by atoms with Crippen LogP contribution in [0.3, 0.4) is 0 Å². The summed E-state index contributed by atoms with van der Waals surface area (Å²) in [5.41, 5.74) is -1.43. The van der Waals surface area contributed by atoms with Crippen LogP contribution in [-0.2, 0) is 29.4 Å². The molecule has 3 N–H and O–H groups in total. The van der Waals surface area contributed by atoms with Crippen LogP contribution in [-0.4, -0.2) is 70.7 Å². The van der Waals surface area contributed by atoms with E-state index in [1.807, 2.05) is 24.3 Å². The first kappa shape index (κ1) is 38.1. The van der Waals surface area contributed by atoms with Crippen molar-refractivity contribution in [2.24, 2.45) is 0 Å². The summed E-state index contributed by atoms with van der Waals surface area (Å²) in [7, 11) is -2.71. The lowest BCUT2D eigenvalue weighted by molar-refractivity contribution is -0.0155. The number of rotatable bonds is 13. The lowest BCUT2D eigenvalue weighted by Crippen LogP contribution is -2.47. The summed E-state index contributed by atoms with van der Waals surface area (Å²) in [4.78, 5) is 31.3. The molecule has 258 valence electrons. The number of phosphoric ester groups is 1. The first-order chi connectivity index (χ1) is 21.8. The van der Waals surface area contributed by atoms with Gasteiger partial charge in [0, 0.05) is 25.2 Å². The number of amides is 3. The molecule has 0 radical (unpaired) electrons. The van der Waals surface area contributed by atoms with Crippen LogP contribution in [0.1, 0.15) is 53.5 Å². The molecule has 0 spiro atoms. The Balaban J connectivity index is 1.71. The molecule has 0 aliphatic rings. The Morgan fingerprint density at radius 1 is 1.02 bits per heavy atom. The summed E-state index contributed by atoms with van der Waals surface area (Å²) in [5.74, 6) is -0.374. The number of benzene rings is 2. The second kappa shape index (κ2) is 16.2. The highest BCUT2D eigenvalue weighted by Gasteiger charge is 2.38. The number of hydrogen-bond acceptors (Lipinski definition) is 9. The number of likely N-dealkylation sites (N-methyl/N-ethyl adjacent to an activating group) is 1. The van der Waals surface area contributed by atoms with Crippen LogP contribution in [0.15, 0.2) is 54.7 Å². The highest BCUT2D eigenvalue weighted by Crippen LogP contribution is 2.55. The summed E-state index contributed by atoms with van der Waals surface area (Å²) in [6.45, 7) is 9.17. The number of halogens is 2. The van der Waals surface area contributed by atoms with Gasteiger partial charge in [0.15, 0.2) is 0 Å². The van der Waals surface area contributed by atoms with E-state index in [4.69, 9.17) is 29.9 Å². The number of aliphatic hydroxyl groups is 1. The zero-order valence-corrected chi connectivity index (χ0v) is 29.2. The largest absolute Gasteiger partial charge is 0.475 e. The molecule has 0 saturated carbocycles. The molecule has 3 rings (SSSR count). The van der Waals surface area contributed by atoms with Crippen molar-refractivity contribution in [1.82, 2.24) is 15.2 Å². The van der Waals surface area contributed by atoms with Crippen LogP contribution in [0.25, 0.3) is 10.8 Å². The summed E-state index contributed by atoms with van der Waals surface area (Å²) < 4.78 is 49.5. The quantitative estimate of drug-likeness (QED) is 0.157. The van der Waals surface area contributed by atoms with Crippen LogP contribution in [0.5, 0.6) is 0 Å². The zero-order valence-electron chi connectivity index (χ0n) is 27.6. The van der Waals surface area contributed by atoms with Gasteiger partial charge in [-0.05, 0) is 71.0 Å². The van der Waals surface area contributed by atoms with Crippen molar-refractivity contribution in [3.05, 3.63) is 71.1 Å². The second-order valence-electron chi connectivity index (χ2n) is 12.8. The maximum atomic E-state index is 13.9. The van der Waals surface area contributed by atoms with Gasteiger partial charge in [0.2, 0.25) is 0 Å². The summed E-state index contributed by atoms with van der Waals surface area (Å²) in [6, 6.07) is 11.9. The number of aromatic nitrogens is 1. The highest BCUT2D eigenvalue weighted by atomic mass is 35.5. The molecule has 0 fully saturated rings. The number of anilines is 1. The fourth-order valence-electron chi connectivity index (χ4n) is 4.25. The number of nitrogens with one attached hydrogen (secondary N) is 2. The second-order valence-corrected chi connectivity index (χ2v) is 14.7. The number of aliphatic hydroxyl groups excluding tert-OH is 1. The number of urea groups is 1. The number of hydrogen-bond donors (Lipinski definition) is 3. The predicted octanol–water partition coefficient (Wildman–Crippen LogP) is 7.29. The standard InChI is InChI=1S/C32H43ClFN4O8P/c1-31(2,3)45-47(42,46-32(4,5)6)44-20-25(39)16-24(38(7)29(40)36-18-23-13-10-14-26(34)28(23)33)19-43-30(41)37-27-15-21-11-8-9-12-22(21)17-35-27/h8-15,17,24-25,39H,16,18-20H2,1-7H3,(H,36,40)(H,35,37,41)/t24-,25-/m1/s1. The third kappa shape index (κ3) is 12.7. The molecule has 3 amide bonds. The van der Waals surface area contributed by atoms with E-state index >= 15 is 0 Å². The van der Waals surface area contributed by atoms with Crippen molar-refractivity contribution in [1.29, 1.82) is 0 Å². The van der Waals surface area contributed by atoms with Crippen molar-refractivity contribution in [3.8, 4) is 0 Å². The average molecular weight is 697 g/mol. The van der Waals surface area contributed by atoms with Gasteiger partial charge >= 0.3 is 19.9 Å². The van der Waals surface area contributed by atoms with Crippen molar-refractivity contribution < 1.29 is 42.0 Å². The van der Waals surface area contributed by atoms with E-state index < -0.39 is 55.7 Å². The van der Waals surface area contributed by atoms with Crippen LogP contribution in [0.4, 0.5) is 19.8 Å². The molecular formula is C32H43ClFN4O8P. The summed E-state index contributed by atoms with van der Waals surface area (Å²) in [5, 5.41) is 17.8. The van der Waals surface area contributed by atoms with Crippen molar-refractivity contribution in [3.63, 3.8) is 0 Å². The molecule has 15 heteroatoms. The number of ether oxygens (including phenoxy) is 1. The van der Waals surface area contributed by atoms with Crippen molar-refractivity contribution >= 4 is 48.1 Å². The fourth-order valence-corrected chi connectivity index (χ4v) is 6.28. The number of carbonyl (C=O) groups is 2. The molecule has 2 aromatic carbocycles. The topological polar surface area (TPSA) is 149 Å². The van der Waals surface area contributed by atoms with Gasteiger partial charge in [-0.3, -0.25) is 18.9 Å². The van der Waals surface area contributed by atoms with E-state index in [2.05, 4.69) is 15.6 Å². The first-order valence-corrected chi connectivity index (χ1v) is 16.7. The van der Waals surface area contributed by atoms with E-state index in [0.717, 1.165) is 10.8 Å². The molecular weight excluding hydrogens is 654 g/mol. The van der Waals surface area contributed by atoms with Crippen LogP contribution in [0, 0.1) is 5.82 Å². The SMILES string of the molecule is CN(C(=O)NCc1cccc(F)c1Cl)[C@@H](COC(=O)Nc1cc2ccccc2cn1)C[C@@H](O)COP(=O)(OC(C)(C)C)OC(C)(C)C. The maximum absolute atomic E-state index is 13.9. The minimum atomic E-state index is -4.14. The molecule has 0 aliphatic heterocycles. The smallest absolute Gasteiger partial charge is 0.447 e. The normalized spacial score (nSPS) is 13.6. The first-order valence-electron chi connectivity index (χ1n) is 14.9. The molecule has 0 unspecified atom stereocenters. The van der Waals surface area contributed by atoms with Gasteiger partial charge in [0.25, 0.3) is 0 Å². The minimum Gasteiger partial charge on any atom is -0.447 e. The monoisotopic (exact) mass is 696 g/mol. The molecule has 0 aliphatic carbocycles. The molecule has 0 saturated heterocycles. The molecule has 12 nitrogen and oxygen atoms in total. The van der Waals surface area contributed by atoms with E-state index in [1.165, 1.54) is 24.1 Å². The van der Waals surface area contributed by atoms with E-state index in [9.17, 15) is 23.7 Å². The van der Waals surface area contributed by atoms with Crippen LogP contribution in [0.2, 0.25) is 5.02 Å². The Hall–Kier alpha value is -3.32. The number of nitrogens with zero attached hydrogens (tertiary/aromatic N) is 2. The summed E-state index contributed by atoms with van der Waals surface area (Å²) in [6.07, 6.45) is -0.705. The average Bonchev–Trinajstić information content (AvgIpc) is 2.96. The molecule has 47 heavy (non-hydrogen) atoms. The lowest BCUT2D eigenvalue weighted by atomic mass is 10.1. The zero-order chi connectivity index (χ0) is 35.0. The molecule has 0 bridgehead atoms. The fraction of sp³-hybridized carbons (Fsp3) is 0.469. The molecule has 1 heterocycles. The minimum absolute atomic E-state index is 0.0927. The Bertz CT molecular complexity index is 1560. The Morgan fingerprint density at radius 3 is 2.30 bits per heavy atom. The van der Waals surface area contributed by atoms with Gasteiger partial charge in [-0.1, -0.05) is 48.0 Å². The Labute approximate surface area is 279 Å². The predicted molar refractivity (Wildman–Crippen MR) is 178 cm³/mol. The van der Waals surface area contributed by atoms with Gasteiger partial charge in [0.1, 0.15) is 18.2 Å². The number of phosphoric acid groups is 1. The van der Waals surface area contributed by atoms with Gasteiger partial charge in [-0.15, -0.1) is 0 Å². The third-order valence-corrected chi connectivity index (χ3v) is 8.77. The highest BCUT2D eigenvalue weighted by molar-refractivity contribution is 7.48. The Kier molecular flexibility index (Phi) is 13.1.